The van der Waals surface area contributed by atoms with E-state index in [1.165, 1.54) is 0 Å². The summed E-state index contributed by atoms with van der Waals surface area (Å²) in [5.41, 5.74) is 5.44. The van der Waals surface area contributed by atoms with Crippen molar-refractivity contribution in [2.45, 2.75) is 12.8 Å². The maximum atomic E-state index is 10.3. The van der Waals surface area contributed by atoms with Crippen molar-refractivity contribution >= 4 is 27.9 Å². The van der Waals surface area contributed by atoms with Crippen molar-refractivity contribution in [3.05, 3.63) is 111 Å². The van der Waals surface area contributed by atoms with Gasteiger partial charge < -0.3 is 0 Å². The summed E-state index contributed by atoms with van der Waals surface area (Å²) in [5, 5.41) is 59.9. The van der Waals surface area contributed by atoms with E-state index in [0.29, 0.717) is 62.1 Å². The van der Waals surface area contributed by atoms with Crippen LogP contribution in [0.25, 0.3) is 27.9 Å². The van der Waals surface area contributed by atoms with E-state index in [9.17, 15) is 31.6 Å². The van der Waals surface area contributed by atoms with Crippen LogP contribution in [0, 0.1) is 68.0 Å². The lowest BCUT2D eigenvalue weighted by Gasteiger charge is -2.14. The van der Waals surface area contributed by atoms with Gasteiger partial charge in [-0.05, 0) is 47.2 Å². The summed E-state index contributed by atoms with van der Waals surface area (Å²) < 4.78 is 0. The Hall–Kier alpha value is -6.18. The van der Waals surface area contributed by atoms with E-state index in [-0.39, 0.29) is 16.7 Å². The van der Waals surface area contributed by atoms with Crippen molar-refractivity contribution < 1.29 is 0 Å². The molecule has 2 aromatic carbocycles. The second kappa shape index (κ2) is 9.46. The quantitative estimate of drug-likeness (QED) is 0.459. The van der Waals surface area contributed by atoms with Crippen LogP contribution < -0.4 is 0 Å². The molecule has 6 heteroatoms. The van der Waals surface area contributed by atoms with Crippen molar-refractivity contribution in [3.8, 4) is 36.4 Å². The zero-order valence-electron chi connectivity index (χ0n) is 19.9. The van der Waals surface area contributed by atoms with Gasteiger partial charge in [0.25, 0.3) is 0 Å². The summed E-state index contributed by atoms with van der Waals surface area (Å²) in [4.78, 5) is 0. The van der Waals surface area contributed by atoms with E-state index in [0.717, 1.165) is 12.0 Å². The molecule has 0 aromatic heterocycles. The molecule has 6 nitrogen and oxygen atoms in total. The number of hydrogen-bond acceptors (Lipinski definition) is 6. The molecule has 3 aliphatic carbocycles. The molecule has 0 atom stereocenters. The number of hydrogen-bond donors (Lipinski definition) is 0. The molecule has 172 valence electrons. The SMILES string of the molecule is N#CC(C#N)=C1C(C2=CC=CCC2)=C(C#N)c2cc3c(cc21)C(C#N)=C(c1ccccc1)C3=C(C#N)C#N. The summed E-state index contributed by atoms with van der Waals surface area (Å²) in [7, 11) is 0. The zero-order valence-corrected chi connectivity index (χ0v) is 19.9. The first-order chi connectivity index (χ1) is 18.6. The second-order valence-corrected chi connectivity index (χ2v) is 8.64. The van der Waals surface area contributed by atoms with Crippen LogP contribution in [0.2, 0.25) is 0 Å². The third-order valence-corrected chi connectivity index (χ3v) is 6.80. The fourth-order valence-electron chi connectivity index (χ4n) is 5.27. The highest BCUT2D eigenvalue weighted by Gasteiger charge is 2.37. The van der Waals surface area contributed by atoms with Crippen molar-refractivity contribution in [1.29, 1.82) is 31.6 Å². The third kappa shape index (κ3) is 3.36. The van der Waals surface area contributed by atoms with E-state index >= 15 is 0 Å². The lowest BCUT2D eigenvalue weighted by Crippen LogP contribution is -1.97. The predicted octanol–water partition coefficient (Wildman–Crippen LogP) is 6.30. The van der Waals surface area contributed by atoms with Crippen LogP contribution >= 0.6 is 0 Å². The highest BCUT2D eigenvalue weighted by molar-refractivity contribution is 6.26. The minimum absolute atomic E-state index is 0.129. The van der Waals surface area contributed by atoms with Crippen LogP contribution in [0.3, 0.4) is 0 Å². The van der Waals surface area contributed by atoms with Crippen molar-refractivity contribution in [2.24, 2.45) is 0 Å². The maximum Gasteiger partial charge on any atom is 0.138 e. The van der Waals surface area contributed by atoms with Crippen LogP contribution in [0.1, 0.15) is 40.7 Å². The maximum absolute atomic E-state index is 10.3. The van der Waals surface area contributed by atoms with Gasteiger partial charge in [0.1, 0.15) is 47.6 Å². The van der Waals surface area contributed by atoms with E-state index in [4.69, 9.17) is 0 Å². The van der Waals surface area contributed by atoms with Gasteiger partial charge in [-0.1, -0.05) is 48.6 Å². The van der Waals surface area contributed by atoms with Gasteiger partial charge in [-0.15, -0.1) is 0 Å². The molecule has 0 aliphatic heterocycles. The lowest BCUT2D eigenvalue weighted by molar-refractivity contribution is 0.982. The smallest absolute Gasteiger partial charge is 0.138 e. The second-order valence-electron chi connectivity index (χ2n) is 8.64. The molecule has 2 aromatic rings. The molecule has 0 fully saturated rings. The van der Waals surface area contributed by atoms with E-state index in [1.54, 1.807) is 36.4 Å². The topological polar surface area (TPSA) is 143 Å². The highest BCUT2D eigenvalue weighted by atomic mass is 14.4. The monoisotopic (exact) mass is 482 g/mol. The Labute approximate surface area is 219 Å². The summed E-state index contributed by atoms with van der Waals surface area (Å²) in [6.45, 7) is 0. The standard InChI is InChI=1S/C32H14N6/c33-13-21(14-34)31-25-12-24-26(11-23(25)27(17-37)29(31)19-7-3-1-4-8-19)32(22(15-35)16-36)30(28(24)18-38)20-9-5-2-6-10-20/h1-5,7-9,11-12H,6,10H2. The minimum atomic E-state index is -0.151. The molecule has 0 N–H and O–H groups in total. The molecule has 3 aliphatic rings. The van der Waals surface area contributed by atoms with Gasteiger partial charge in [0.05, 0.1) is 11.1 Å². The van der Waals surface area contributed by atoms with Crippen molar-refractivity contribution in [3.63, 3.8) is 0 Å². The lowest BCUT2D eigenvalue weighted by atomic mass is 9.88. The number of fused-ring (bicyclic) bond motifs is 2. The Morgan fingerprint density at radius 3 is 1.63 bits per heavy atom. The van der Waals surface area contributed by atoms with Crippen LogP contribution in [-0.2, 0) is 0 Å². The summed E-state index contributed by atoms with van der Waals surface area (Å²) in [6, 6.07) is 24.9. The van der Waals surface area contributed by atoms with E-state index in [1.807, 2.05) is 48.6 Å². The Kier molecular flexibility index (Phi) is 5.87. The van der Waals surface area contributed by atoms with Gasteiger partial charge >= 0.3 is 0 Å². The first-order valence-electron chi connectivity index (χ1n) is 11.6. The van der Waals surface area contributed by atoms with Crippen LogP contribution in [0.5, 0.6) is 0 Å². The van der Waals surface area contributed by atoms with E-state index < -0.39 is 0 Å². The minimum Gasteiger partial charge on any atom is -0.192 e. The summed E-state index contributed by atoms with van der Waals surface area (Å²) >= 11 is 0. The van der Waals surface area contributed by atoms with E-state index in [2.05, 4.69) is 12.1 Å². The Balaban J connectivity index is 1.92. The molecule has 38 heavy (non-hydrogen) atoms. The number of benzene rings is 2. The van der Waals surface area contributed by atoms with Crippen LogP contribution in [-0.4, -0.2) is 0 Å². The highest BCUT2D eigenvalue weighted by Crippen LogP contribution is 2.53. The molecule has 0 heterocycles. The number of rotatable bonds is 2. The first kappa shape index (κ1) is 23.6. The molecule has 0 saturated carbocycles. The van der Waals surface area contributed by atoms with Gasteiger partial charge in [0.15, 0.2) is 0 Å². The molecule has 5 rings (SSSR count). The largest absolute Gasteiger partial charge is 0.192 e. The fourth-order valence-corrected chi connectivity index (χ4v) is 5.27. The Morgan fingerprint density at radius 1 is 0.632 bits per heavy atom. The zero-order chi connectivity index (χ0) is 26.8. The molecular formula is C32H14N6. The normalized spacial score (nSPS) is 14.7. The number of nitriles is 6. The number of allylic oxidation sites excluding steroid dienone is 12. The summed E-state index contributed by atoms with van der Waals surface area (Å²) in [5.74, 6) is 0. The van der Waals surface area contributed by atoms with Gasteiger partial charge in [0.2, 0.25) is 0 Å². The number of nitrogens with zero attached hydrogens (tertiary/aromatic N) is 6. The van der Waals surface area contributed by atoms with Gasteiger partial charge in [0, 0.05) is 33.4 Å². The average molecular weight is 483 g/mol. The molecule has 0 amide bonds. The Bertz CT molecular complexity index is 1870. The molecule has 0 unspecified atom stereocenters. The summed E-state index contributed by atoms with van der Waals surface area (Å²) in [6.07, 6.45) is 7.16. The first-order valence-corrected chi connectivity index (χ1v) is 11.6. The van der Waals surface area contributed by atoms with Gasteiger partial charge in [-0.25, -0.2) is 0 Å². The third-order valence-electron chi connectivity index (χ3n) is 6.80. The molecular weight excluding hydrogens is 468 g/mol. The predicted molar refractivity (Wildman–Crippen MR) is 141 cm³/mol. The molecule has 0 bridgehead atoms. The van der Waals surface area contributed by atoms with Crippen molar-refractivity contribution in [2.75, 3.05) is 0 Å². The molecule has 0 saturated heterocycles. The molecule has 0 radical (unpaired) electrons. The fraction of sp³-hybridized carbons (Fsp3) is 0.0625. The average Bonchev–Trinajstić information content (AvgIpc) is 3.46. The van der Waals surface area contributed by atoms with Gasteiger partial charge in [-0.2, -0.15) is 31.6 Å². The van der Waals surface area contributed by atoms with Crippen LogP contribution in [0.15, 0.2) is 83.0 Å². The van der Waals surface area contributed by atoms with Crippen molar-refractivity contribution in [1.82, 2.24) is 0 Å². The van der Waals surface area contributed by atoms with Gasteiger partial charge in [-0.3, -0.25) is 0 Å². The Morgan fingerprint density at radius 2 is 1.16 bits per heavy atom. The van der Waals surface area contributed by atoms with Crippen LogP contribution in [0.4, 0.5) is 0 Å². The molecule has 0 spiro atoms.